The fraction of sp³-hybridized carbons (Fsp3) is 0.0769. The van der Waals surface area contributed by atoms with Crippen LogP contribution in [0.3, 0.4) is 0 Å². The lowest BCUT2D eigenvalue weighted by atomic mass is 10.2. The van der Waals surface area contributed by atoms with Gasteiger partial charge in [-0.3, -0.25) is 0 Å². The SMILES string of the molecule is Nc1cc(N)c(NCc2ccccc2F)c(F)c1Cl. The third kappa shape index (κ3) is 2.71. The van der Waals surface area contributed by atoms with Crippen LogP contribution in [-0.2, 0) is 6.54 Å². The Morgan fingerprint density at radius 1 is 1.11 bits per heavy atom. The zero-order valence-electron chi connectivity index (χ0n) is 9.88. The lowest BCUT2D eigenvalue weighted by molar-refractivity contribution is 0.610. The fourth-order valence-electron chi connectivity index (χ4n) is 1.67. The second-order valence-corrected chi connectivity index (χ2v) is 4.38. The minimum absolute atomic E-state index is 0.0162. The minimum atomic E-state index is -0.740. The van der Waals surface area contributed by atoms with Crippen molar-refractivity contribution in [1.82, 2.24) is 0 Å². The molecule has 0 aromatic heterocycles. The Morgan fingerprint density at radius 2 is 1.79 bits per heavy atom. The van der Waals surface area contributed by atoms with E-state index in [4.69, 9.17) is 23.1 Å². The second-order valence-electron chi connectivity index (χ2n) is 4.00. The Labute approximate surface area is 114 Å². The molecule has 2 aromatic carbocycles. The highest BCUT2D eigenvalue weighted by atomic mass is 35.5. The summed E-state index contributed by atoms with van der Waals surface area (Å²) in [5.41, 5.74) is 11.7. The van der Waals surface area contributed by atoms with Crippen LogP contribution in [0.15, 0.2) is 30.3 Å². The van der Waals surface area contributed by atoms with Crippen molar-refractivity contribution < 1.29 is 8.78 Å². The average Bonchev–Trinajstić information content (AvgIpc) is 2.38. The van der Waals surface area contributed by atoms with E-state index in [-0.39, 0.29) is 34.4 Å². The Morgan fingerprint density at radius 3 is 2.47 bits per heavy atom. The number of hydrogen-bond acceptors (Lipinski definition) is 3. The number of rotatable bonds is 3. The second kappa shape index (κ2) is 5.32. The summed E-state index contributed by atoms with van der Waals surface area (Å²) < 4.78 is 27.3. The quantitative estimate of drug-likeness (QED) is 0.757. The summed E-state index contributed by atoms with van der Waals surface area (Å²) >= 11 is 5.70. The molecule has 3 nitrogen and oxygen atoms in total. The normalized spacial score (nSPS) is 10.5. The first-order valence-corrected chi connectivity index (χ1v) is 5.88. The van der Waals surface area contributed by atoms with E-state index in [0.29, 0.717) is 5.56 Å². The van der Waals surface area contributed by atoms with Gasteiger partial charge >= 0.3 is 0 Å². The molecule has 0 spiro atoms. The molecular weight excluding hydrogens is 272 g/mol. The molecule has 0 amide bonds. The van der Waals surface area contributed by atoms with Crippen LogP contribution in [0.4, 0.5) is 25.8 Å². The molecule has 0 saturated carbocycles. The predicted octanol–water partition coefficient (Wildman–Crippen LogP) is 3.39. The van der Waals surface area contributed by atoms with Crippen LogP contribution in [0.25, 0.3) is 0 Å². The Bertz CT molecular complexity index is 617. The van der Waals surface area contributed by atoms with Crippen molar-refractivity contribution in [2.45, 2.75) is 6.54 Å². The van der Waals surface area contributed by atoms with Gasteiger partial charge in [0.05, 0.1) is 17.1 Å². The predicted molar refractivity (Wildman–Crippen MR) is 74.0 cm³/mol. The van der Waals surface area contributed by atoms with Gasteiger partial charge in [-0.15, -0.1) is 0 Å². The zero-order chi connectivity index (χ0) is 14.0. The Balaban J connectivity index is 2.26. The van der Waals surface area contributed by atoms with Gasteiger partial charge in [0, 0.05) is 12.1 Å². The molecule has 0 bridgehead atoms. The first kappa shape index (κ1) is 13.4. The molecule has 0 atom stereocenters. The summed E-state index contributed by atoms with van der Waals surface area (Å²) in [7, 11) is 0. The van der Waals surface area contributed by atoms with Crippen molar-refractivity contribution >= 4 is 28.7 Å². The number of anilines is 3. The van der Waals surface area contributed by atoms with Gasteiger partial charge in [-0.05, 0) is 12.1 Å². The number of nitrogens with two attached hydrogens (primary N) is 2. The first-order chi connectivity index (χ1) is 9.00. The lowest BCUT2D eigenvalue weighted by Crippen LogP contribution is -2.07. The summed E-state index contributed by atoms with van der Waals surface area (Å²) in [6.07, 6.45) is 0. The van der Waals surface area contributed by atoms with Crippen molar-refractivity contribution in [2.75, 3.05) is 16.8 Å². The van der Waals surface area contributed by atoms with E-state index >= 15 is 0 Å². The standard InChI is InChI=1S/C13H12ClF2N3/c14-11-9(17)5-10(18)13(12(11)16)19-6-7-3-1-2-4-8(7)15/h1-5,19H,6,17-18H2. The van der Waals surface area contributed by atoms with E-state index in [1.165, 1.54) is 12.1 Å². The minimum Gasteiger partial charge on any atom is -0.397 e. The summed E-state index contributed by atoms with van der Waals surface area (Å²) in [5, 5.41) is 2.52. The molecule has 0 aliphatic heterocycles. The number of nitrogen functional groups attached to an aromatic ring is 2. The van der Waals surface area contributed by atoms with Crippen molar-refractivity contribution in [3.05, 3.63) is 52.6 Å². The van der Waals surface area contributed by atoms with Gasteiger partial charge in [-0.25, -0.2) is 8.78 Å². The number of benzene rings is 2. The van der Waals surface area contributed by atoms with Gasteiger partial charge < -0.3 is 16.8 Å². The summed E-state index contributed by atoms with van der Waals surface area (Å²) in [5.74, 6) is -1.12. The molecule has 0 fully saturated rings. The monoisotopic (exact) mass is 283 g/mol. The van der Waals surface area contributed by atoms with Crippen molar-refractivity contribution in [3.8, 4) is 0 Å². The van der Waals surface area contributed by atoms with Gasteiger partial charge in [0.25, 0.3) is 0 Å². The maximum Gasteiger partial charge on any atom is 0.169 e. The van der Waals surface area contributed by atoms with Crippen molar-refractivity contribution in [1.29, 1.82) is 0 Å². The van der Waals surface area contributed by atoms with E-state index in [9.17, 15) is 8.78 Å². The number of hydrogen-bond donors (Lipinski definition) is 3. The van der Waals surface area contributed by atoms with Gasteiger partial charge in [-0.2, -0.15) is 0 Å². The Kier molecular flexibility index (Phi) is 3.76. The Hall–Kier alpha value is -2.01. The van der Waals surface area contributed by atoms with Crippen LogP contribution in [0, 0.1) is 11.6 Å². The molecule has 2 aromatic rings. The van der Waals surface area contributed by atoms with Gasteiger partial charge in [-0.1, -0.05) is 29.8 Å². The smallest absolute Gasteiger partial charge is 0.169 e. The maximum absolute atomic E-state index is 13.9. The molecule has 0 saturated heterocycles. The first-order valence-electron chi connectivity index (χ1n) is 5.51. The highest BCUT2D eigenvalue weighted by molar-refractivity contribution is 6.33. The third-order valence-corrected chi connectivity index (χ3v) is 3.06. The van der Waals surface area contributed by atoms with E-state index in [0.717, 1.165) is 0 Å². The van der Waals surface area contributed by atoms with E-state index in [1.54, 1.807) is 18.2 Å². The van der Waals surface area contributed by atoms with Crippen molar-refractivity contribution in [3.63, 3.8) is 0 Å². The third-order valence-electron chi connectivity index (χ3n) is 2.68. The van der Waals surface area contributed by atoms with Crippen LogP contribution >= 0.6 is 11.6 Å². The van der Waals surface area contributed by atoms with Crippen LogP contribution < -0.4 is 16.8 Å². The highest BCUT2D eigenvalue weighted by Crippen LogP contribution is 2.33. The molecule has 0 unspecified atom stereocenters. The zero-order valence-corrected chi connectivity index (χ0v) is 10.6. The lowest BCUT2D eigenvalue weighted by Gasteiger charge is -2.13. The molecule has 0 radical (unpaired) electrons. The largest absolute Gasteiger partial charge is 0.397 e. The van der Waals surface area contributed by atoms with Gasteiger partial charge in [0.1, 0.15) is 10.8 Å². The van der Waals surface area contributed by atoms with E-state index in [1.807, 2.05) is 0 Å². The topological polar surface area (TPSA) is 64.1 Å². The summed E-state index contributed by atoms with van der Waals surface area (Å²) in [6, 6.07) is 7.54. The molecule has 0 aliphatic rings. The summed E-state index contributed by atoms with van der Waals surface area (Å²) in [6.45, 7) is 0.0913. The molecular formula is C13H12ClF2N3. The van der Waals surface area contributed by atoms with Crippen LogP contribution in [0.1, 0.15) is 5.56 Å². The molecule has 2 rings (SSSR count). The number of halogens is 3. The van der Waals surface area contributed by atoms with Gasteiger partial charge in [0.15, 0.2) is 5.82 Å². The van der Waals surface area contributed by atoms with Crippen LogP contribution in [0.5, 0.6) is 0 Å². The maximum atomic E-state index is 13.9. The van der Waals surface area contributed by atoms with Crippen LogP contribution in [-0.4, -0.2) is 0 Å². The van der Waals surface area contributed by atoms with Crippen LogP contribution in [0.2, 0.25) is 5.02 Å². The van der Waals surface area contributed by atoms with E-state index in [2.05, 4.69) is 5.32 Å². The van der Waals surface area contributed by atoms with E-state index < -0.39 is 5.82 Å². The average molecular weight is 284 g/mol. The number of nitrogens with one attached hydrogen (secondary N) is 1. The molecule has 5 N–H and O–H groups in total. The van der Waals surface area contributed by atoms with Gasteiger partial charge in [0.2, 0.25) is 0 Å². The van der Waals surface area contributed by atoms with Crippen molar-refractivity contribution in [2.24, 2.45) is 0 Å². The summed E-state index contributed by atoms with van der Waals surface area (Å²) in [4.78, 5) is 0. The molecule has 19 heavy (non-hydrogen) atoms. The molecule has 6 heteroatoms. The highest BCUT2D eigenvalue weighted by Gasteiger charge is 2.14. The molecule has 100 valence electrons. The fourth-order valence-corrected chi connectivity index (χ4v) is 1.82. The molecule has 0 aliphatic carbocycles. The molecule has 0 heterocycles.